The van der Waals surface area contributed by atoms with Gasteiger partial charge >= 0.3 is 0 Å². The SMILES string of the molecule is CC[C@@H](C)NC(=O)[C@@H](C)N(Cc1c(Cl)cccc1Cl)C(=O)CN(c1cc(OC)ccc1OC)S(=O)(=O)c1ccc(C)cc1. The number of amides is 2. The quantitative estimate of drug-likeness (QED) is 0.249. The molecule has 0 heterocycles. The van der Waals surface area contributed by atoms with Crippen molar-refractivity contribution in [3.63, 3.8) is 0 Å². The Balaban J connectivity index is 2.16. The first-order valence-corrected chi connectivity index (χ1v) is 15.9. The van der Waals surface area contributed by atoms with Crippen LogP contribution in [-0.4, -0.2) is 58.0 Å². The van der Waals surface area contributed by atoms with Crippen molar-refractivity contribution in [2.45, 2.75) is 57.6 Å². The summed E-state index contributed by atoms with van der Waals surface area (Å²) in [6.45, 7) is 6.39. The first-order chi connectivity index (χ1) is 20.3. The highest BCUT2D eigenvalue weighted by Crippen LogP contribution is 2.36. The summed E-state index contributed by atoms with van der Waals surface area (Å²) in [5.41, 5.74) is 1.38. The molecule has 1 N–H and O–H groups in total. The van der Waals surface area contributed by atoms with E-state index in [9.17, 15) is 18.0 Å². The topological polar surface area (TPSA) is 105 Å². The van der Waals surface area contributed by atoms with Gasteiger partial charge in [0.25, 0.3) is 10.0 Å². The predicted octanol–water partition coefficient (Wildman–Crippen LogP) is 5.85. The van der Waals surface area contributed by atoms with Gasteiger partial charge < -0.3 is 19.7 Å². The van der Waals surface area contributed by atoms with Crippen LogP contribution in [0.3, 0.4) is 0 Å². The monoisotopic (exact) mass is 649 g/mol. The van der Waals surface area contributed by atoms with E-state index in [0.717, 1.165) is 9.87 Å². The summed E-state index contributed by atoms with van der Waals surface area (Å²) in [5, 5.41) is 3.50. The van der Waals surface area contributed by atoms with Gasteiger partial charge in [0.2, 0.25) is 11.8 Å². The second kappa shape index (κ2) is 14.8. The van der Waals surface area contributed by atoms with Gasteiger partial charge in [0.1, 0.15) is 24.1 Å². The maximum absolute atomic E-state index is 14.2. The van der Waals surface area contributed by atoms with Crippen molar-refractivity contribution in [3.05, 3.63) is 81.8 Å². The molecule has 3 aromatic rings. The molecule has 0 saturated heterocycles. The molecule has 0 unspecified atom stereocenters. The summed E-state index contributed by atoms with van der Waals surface area (Å²) in [6.07, 6.45) is 0.682. The molecule has 2 atom stereocenters. The van der Waals surface area contributed by atoms with E-state index < -0.39 is 34.4 Å². The lowest BCUT2D eigenvalue weighted by Gasteiger charge is -2.33. The molecule has 12 heteroatoms. The number of hydrogen-bond donors (Lipinski definition) is 1. The van der Waals surface area contributed by atoms with Crippen molar-refractivity contribution in [2.24, 2.45) is 0 Å². The van der Waals surface area contributed by atoms with E-state index in [1.54, 1.807) is 49.4 Å². The molecule has 9 nitrogen and oxygen atoms in total. The fourth-order valence-electron chi connectivity index (χ4n) is 4.24. The van der Waals surface area contributed by atoms with E-state index in [-0.39, 0.29) is 28.9 Å². The van der Waals surface area contributed by atoms with Crippen LogP contribution in [0.4, 0.5) is 5.69 Å². The Morgan fingerprint density at radius 1 is 0.953 bits per heavy atom. The average molecular weight is 651 g/mol. The Labute approximate surface area is 263 Å². The van der Waals surface area contributed by atoms with Gasteiger partial charge in [-0.2, -0.15) is 0 Å². The van der Waals surface area contributed by atoms with Crippen LogP contribution in [0.2, 0.25) is 10.0 Å². The first-order valence-electron chi connectivity index (χ1n) is 13.7. The fraction of sp³-hybridized carbons (Fsp3) is 0.355. The van der Waals surface area contributed by atoms with E-state index in [2.05, 4.69) is 5.32 Å². The molecule has 3 aromatic carbocycles. The lowest BCUT2D eigenvalue weighted by atomic mass is 10.1. The maximum Gasteiger partial charge on any atom is 0.264 e. The Bertz CT molecular complexity index is 1530. The van der Waals surface area contributed by atoms with Gasteiger partial charge in [0, 0.05) is 34.3 Å². The molecule has 0 fully saturated rings. The summed E-state index contributed by atoms with van der Waals surface area (Å²) in [6, 6.07) is 14.7. The van der Waals surface area contributed by atoms with Crippen LogP contribution in [0.1, 0.15) is 38.3 Å². The van der Waals surface area contributed by atoms with Crippen LogP contribution in [0.15, 0.2) is 65.6 Å². The third kappa shape index (κ3) is 8.13. The summed E-state index contributed by atoms with van der Waals surface area (Å²) in [7, 11) is -1.47. The molecule has 0 spiro atoms. The zero-order chi connectivity index (χ0) is 31.9. The highest BCUT2D eigenvalue weighted by atomic mass is 35.5. The minimum atomic E-state index is -4.32. The normalized spacial score (nSPS) is 12.7. The minimum Gasteiger partial charge on any atom is -0.497 e. The van der Waals surface area contributed by atoms with Gasteiger partial charge in [0.15, 0.2) is 0 Å². The molecule has 0 bridgehead atoms. The standard InChI is InChI=1S/C31H37Cl2N3O6S/c1-7-21(3)34-31(38)22(4)35(18-25-26(32)9-8-10-27(25)33)30(37)19-36(28-17-23(41-5)13-16-29(28)42-6)43(39,40)24-14-11-20(2)12-15-24/h8-17,21-22H,7,18-19H2,1-6H3,(H,34,38)/t21-,22-/m1/s1. The number of carbonyl (C=O) groups is 2. The number of carbonyl (C=O) groups excluding carboxylic acids is 2. The molecule has 0 aromatic heterocycles. The Morgan fingerprint density at radius 2 is 1.58 bits per heavy atom. The number of nitrogens with zero attached hydrogens (tertiary/aromatic N) is 2. The van der Waals surface area contributed by atoms with Gasteiger partial charge in [-0.15, -0.1) is 0 Å². The predicted molar refractivity (Wildman–Crippen MR) is 170 cm³/mol. The second-order valence-electron chi connectivity index (χ2n) is 10.1. The van der Waals surface area contributed by atoms with Gasteiger partial charge in [-0.3, -0.25) is 13.9 Å². The number of anilines is 1. The number of nitrogens with one attached hydrogen (secondary N) is 1. The molecule has 0 saturated carbocycles. The number of aryl methyl sites for hydroxylation is 1. The average Bonchev–Trinajstić information content (AvgIpc) is 2.99. The van der Waals surface area contributed by atoms with Crippen molar-refractivity contribution in [1.82, 2.24) is 10.2 Å². The van der Waals surface area contributed by atoms with Crippen molar-refractivity contribution < 1.29 is 27.5 Å². The number of halogens is 2. The largest absolute Gasteiger partial charge is 0.497 e. The van der Waals surface area contributed by atoms with E-state index in [1.807, 2.05) is 20.8 Å². The molecule has 0 aliphatic carbocycles. The molecular weight excluding hydrogens is 613 g/mol. The second-order valence-corrected chi connectivity index (χ2v) is 12.8. The number of benzene rings is 3. The zero-order valence-corrected chi connectivity index (χ0v) is 27.4. The number of sulfonamides is 1. The summed E-state index contributed by atoms with van der Waals surface area (Å²) >= 11 is 12.9. The van der Waals surface area contributed by atoms with Crippen LogP contribution < -0.4 is 19.1 Å². The summed E-state index contributed by atoms with van der Waals surface area (Å²) in [4.78, 5) is 28.7. The highest BCUT2D eigenvalue weighted by Gasteiger charge is 2.34. The summed E-state index contributed by atoms with van der Waals surface area (Å²) < 4.78 is 40.1. The lowest BCUT2D eigenvalue weighted by molar-refractivity contribution is -0.139. The minimum absolute atomic E-state index is 0.0287. The molecule has 43 heavy (non-hydrogen) atoms. The van der Waals surface area contributed by atoms with E-state index >= 15 is 0 Å². The van der Waals surface area contributed by atoms with Gasteiger partial charge in [-0.05, 0) is 63.6 Å². The molecule has 232 valence electrons. The summed E-state index contributed by atoms with van der Waals surface area (Å²) in [5.74, 6) is -0.512. The smallest absolute Gasteiger partial charge is 0.264 e. The lowest BCUT2D eigenvalue weighted by Crippen LogP contribution is -2.52. The zero-order valence-electron chi connectivity index (χ0n) is 25.1. The maximum atomic E-state index is 14.2. The van der Waals surface area contributed by atoms with Crippen LogP contribution in [0.25, 0.3) is 0 Å². The van der Waals surface area contributed by atoms with Crippen molar-refractivity contribution >= 4 is 50.7 Å². The van der Waals surface area contributed by atoms with Crippen molar-refractivity contribution in [2.75, 3.05) is 25.1 Å². The van der Waals surface area contributed by atoms with Crippen LogP contribution >= 0.6 is 23.2 Å². The Hall–Kier alpha value is -3.47. The van der Waals surface area contributed by atoms with Gasteiger partial charge in [-0.1, -0.05) is 53.9 Å². The third-order valence-corrected chi connectivity index (χ3v) is 9.58. The van der Waals surface area contributed by atoms with Crippen LogP contribution in [0, 0.1) is 6.92 Å². The van der Waals surface area contributed by atoms with Crippen LogP contribution in [-0.2, 0) is 26.2 Å². The van der Waals surface area contributed by atoms with E-state index in [1.165, 1.54) is 37.3 Å². The Kier molecular flexibility index (Phi) is 11.7. The molecule has 2 amide bonds. The molecule has 0 radical (unpaired) electrons. The number of ether oxygens (including phenoxy) is 2. The Morgan fingerprint density at radius 3 is 2.14 bits per heavy atom. The highest BCUT2D eigenvalue weighted by molar-refractivity contribution is 7.92. The van der Waals surface area contributed by atoms with Gasteiger partial charge in [-0.25, -0.2) is 8.42 Å². The van der Waals surface area contributed by atoms with E-state index in [4.69, 9.17) is 32.7 Å². The first kappa shape index (κ1) is 34.0. The van der Waals surface area contributed by atoms with Crippen molar-refractivity contribution in [3.8, 4) is 11.5 Å². The van der Waals surface area contributed by atoms with Gasteiger partial charge in [0.05, 0.1) is 24.8 Å². The molecule has 0 aliphatic rings. The van der Waals surface area contributed by atoms with Crippen molar-refractivity contribution in [1.29, 1.82) is 0 Å². The van der Waals surface area contributed by atoms with Crippen LogP contribution in [0.5, 0.6) is 11.5 Å². The molecular formula is C31H37Cl2N3O6S. The molecule has 3 rings (SSSR count). The third-order valence-electron chi connectivity index (χ3n) is 7.10. The number of hydrogen-bond acceptors (Lipinski definition) is 6. The van der Waals surface area contributed by atoms with E-state index in [0.29, 0.717) is 27.8 Å². The fourth-order valence-corrected chi connectivity index (χ4v) is 6.18. The number of rotatable bonds is 13. The number of methoxy groups -OCH3 is 2. The molecule has 0 aliphatic heterocycles.